The zero-order valence-electron chi connectivity index (χ0n) is 10.3. The summed E-state index contributed by atoms with van der Waals surface area (Å²) in [7, 11) is 0. The fraction of sp³-hybridized carbons (Fsp3) is 0.385. The smallest absolute Gasteiger partial charge is 0.307 e. The molecule has 108 valence electrons. The summed E-state index contributed by atoms with van der Waals surface area (Å²) in [5.74, 6) is -2.48. The fourth-order valence-corrected chi connectivity index (χ4v) is 3.01. The van der Waals surface area contributed by atoms with Gasteiger partial charge in [-0.15, -0.1) is 0 Å². The standard InChI is InChI=1S/C13H12Cl3NO3/c14-8-4-10(16)11(5-9(8)15)17-12(18)6-2-1-3-7(6)13(19)20/h4-7H,1-3H2,(H,17,18)(H,19,20)/t6-,7+/m1/s1. The molecule has 1 aromatic carbocycles. The Kier molecular flexibility index (Phi) is 4.78. The van der Waals surface area contributed by atoms with Crippen LogP contribution in [0.25, 0.3) is 0 Å². The Morgan fingerprint density at radius 3 is 2.30 bits per heavy atom. The molecule has 0 saturated heterocycles. The third kappa shape index (κ3) is 3.19. The van der Waals surface area contributed by atoms with E-state index in [0.29, 0.717) is 23.6 Å². The molecule has 1 aliphatic rings. The van der Waals surface area contributed by atoms with Gasteiger partial charge in [0.2, 0.25) is 5.91 Å². The number of benzene rings is 1. The van der Waals surface area contributed by atoms with Crippen LogP contribution in [0.15, 0.2) is 12.1 Å². The summed E-state index contributed by atoms with van der Waals surface area (Å²) in [6, 6.07) is 2.89. The van der Waals surface area contributed by atoms with E-state index < -0.39 is 17.8 Å². The van der Waals surface area contributed by atoms with Gasteiger partial charge in [-0.1, -0.05) is 41.2 Å². The molecular weight excluding hydrogens is 325 g/mol. The lowest BCUT2D eigenvalue weighted by Gasteiger charge is -2.16. The van der Waals surface area contributed by atoms with Gasteiger partial charge in [-0.05, 0) is 25.0 Å². The van der Waals surface area contributed by atoms with Crippen LogP contribution < -0.4 is 5.32 Å². The van der Waals surface area contributed by atoms with Gasteiger partial charge >= 0.3 is 5.97 Å². The summed E-state index contributed by atoms with van der Waals surface area (Å²) >= 11 is 17.7. The summed E-state index contributed by atoms with van der Waals surface area (Å²) in [6.45, 7) is 0. The number of rotatable bonds is 3. The second kappa shape index (κ2) is 6.20. The van der Waals surface area contributed by atoms with Crippen LogP contribution in [0.5, 0.6) is 0 Å². The summed E-state index contributed by atoms with van der Waals surface area (Å²) < 4.78 is 0. The van der Waals surface area contributed by atoms with Crippen LogP contribution in [-0.2, 0) is 9.59 Å². The lowest BCUT2D eigenvalue weighted by Crippen LogP contribution is -2.30. The molecule has 4 nitrogen and oxygen atoms in total. The molecule has 1 aliphatic carbocycles. The fourth-order valence-electron chi connectivity index (χ4n) is 2.41. The predicted molar refractivity (Wildman–Crippen MR) is 78.6 cm³/mol. The van der Waals surface area contributed by atoms with Crippen molar-refractivity contribution in [3.63, 3.8) is 0 Å². The number of hydrogen-bond acceptors (Lipinski definition) is 2. The average Bonchev–Trinajstić information content (AvgIpc) is 2.85. The molecule has 0 unspecified atom stereocenters. The predicted octanol–water partition coefficient (Wildman–Crippen LogP) is 4.09. The number of hydrogen-bond donors (Lipinski definition) is 2. The highest BCUT2D eigenvalue weighted by Crippen LogP contribution is 2.35. The lowest BCUT2D eigenvalue weighted by atomic mass is 9.95. The van der Waals surface area contributed by atoms with Crippen LogP contribution in [-0.4, -0.2) is 17.0 Å². The van der Waals surface area contributed by atoms with E-state index in [1.165, 1.54) is 12.1 Å². The normalized spacial score (nSPS) is 21.8. The third-order valence-corrected chi connectivity index (χ3v) is 4.47. The summed E-state index contributed by atoms with van der Waals surface area (Å²) in [5, 5.41) is 12.5. The molecule has 0 radical (unpaired) electrons. The molecular formula is C13H12Cl3NO3. The van der Waals surface area contributed by atoms with E-state index in [0.717, 1.165) is 6.42 Å². The topological polar surface area (TPSA) is 66.4 Å². The number of carboxylic acids is 1. The Balaban J connectivity index is 2.16. The van der Waals surface area contributed by atoms with Crippen LogP contribution in [0.3, 0.4) is 0 Å². The Morgan fingerprint density at radius 1 is 1.05 bits per heavy atom. The van der Waals surface area contributed by atoms with Crippen molar-refractivity contribution in [2.45, 2.75) is 19.3 Å². The van der Waals surface area contributed by atoms with Crippen molar-refractivity contribution in [3.8, 4) is 0 Å². The van der Waals surface area contributed by atoms with Gasteiger partial charge in [0, 0.05) is 0 Å². The van der Waals surface area contributed by atoms with Gasteiger partial charge in [0.25, 0.3) is 0 Å². The van der Waals surface area contributed by atoms with E-state index in [2.05, 4.69) is 5.32 Å². The molecule has 0 spiro atoms. The van der Waals surface area contributed by atoms with Crippen LogP contribution in [0.1, 0.15) is 19.3 Å². The zero-order valence-corrected chi connectivity index (χ0v) is 12.6. The molecule has 1 saturated carbocycles. The summed E-state index contributed by atoms with van der Waals surface area (Å²) in [4.78, 5) is 23.3. The lowest BCUT2D eigenvalue weighted by molar-refractivity contribution is -0.145. The van der Waals surface area contributed by atoms with E-state index in [-0.39, 0.29) is 16.0 Å². The number of carbonyl (C=O) groups is 2. The molecule has 7 heteroatoms. The molecule has 1 fully saturated rings. The number of carbonyl (C=O) groups excluding carboxylic acids is 1. The Labute approximate surface area is 131 Å². The zero-order chi connectivity index (χ0) is 14.9. The summed E-state index contributed by atoms with van der Waals surface area (Å²) in [5.41, 5.74) is 0.335. The number of anilines is 1. The molecule has 0 heterocycles. The largest absolute Gasteiger partial charge is 0.481 e. The average molecular weight is 337 g/mol. The quantitative estimate of drug-likeness (QED) is 0.817. The monoisotopic (exact) mass is 335 g/mol. The maximum atomic E-state index is 12.2. The van der Waals surface area contributed by atoms with Crippen molar-refractivity contribution in [2.24, 2.45) is 11.8 Å². The molecule has 1 amide bonds. The van der Waals surface area contributed by atoms with Crippen molar-refractivity contribution in [1.82, 2.24) is 0 Å². The first-order valence-electron chi connectivity index (χ1n) is 6.08. The van der Waals surface area contributed by atoms with Gasteiger partial charge in [-0.25, -0.2) is 0 Å². The molecule has 2 atom stereocenters. The molecule has 2 rings (SSSR count). The van der Waals surface area contributed by atoms with Crippen LogP contribution >= 0.6 is 34.8 Å². The van der Waals surface area contributed by atoms with E-state index in [1.807, 2.05) is 0 Å². The van der Waals surface area contributed by atoms with E-state index in [1.54, 1.807) is 0 Å². The Bertz CT molecular complexity index is 562. The van der Waals surface area contributed by atoms with Crippen molar-refractivity contribution in [2.75, 3.05) is 5.32 Å². The van der Waals surface area contributed by atoms with E-state index in [9.17, 15) is 9.59 Å². The van der Waals surface area contributed by atoms with Crippen molar-refractivity contribution >= 4 is 52.4 Å². The molecule has 0 aliphatic heterocycles. The first-order chi connectivity index (χ1) is 9.40. The highest BCUT2D eigenvalue weighted by molar-refractivity contribution is 6.44. The van der Waals surface area contributed by atoms with Gasteiger partial charge in [0.05, 0.1) is 32.6 Å². The molecule has 2 N–H and O–H groups in total. The molecule has 20 heavy (non-hydrogen) atoms. The first kappa shape index (κ1) is 15.4. The van der Waals surface area contributed by atoms with E-state index >= 15 is 0 Å². The Hall–Kier alpha value is -0.970. The number of halogens is 3. The van der Waals surface area contributed by atoms with Gasteiger partial charge in [0.15, 0.2) is 0 Å². The van der Waals surface area contributed by atoms with Crippen molar-refractivity contribution in [1.29, 1.82) is 0 Å². The van der Waals surface area contributed by atoms with Gasteiger partial charge in [0.1, 0.15) is 0 Å². The minimum Gasteiger partial charge on any atom is -0.481 e. The van der Waals surface area contributed by atoms with Crippen LogP contribution in [0, 0.1) is 11.8 Å². The van der Waals surface area contributed by atoms with Gasteiger partial charge < -0.3 is 10.4 Å². The van der Waals surface area contributed by atoms with Crippen LogP contribution in [0.2, 0.25) is 15.1 Å². The van der Waals surface area contributed by atoms with Crippen LogP contribution in [0.4, 0.5) is 5.69 Å². The van der Waals surface area contributed by atoms with Crippen molar-refractivity contribution in [3.05, 3.63) is 27.2 Å². The number of nitrogens with one attached hydrogen (secondary N) is 1. The number of amides is 1. The maximum absolute atomic E-state index is 12.2. The minimum atomic E-state index is -0.942. The third-order valence-electron chi connectivity index (χ3n) is 3.44. The second-order valence-corrected chi connectivity index (χ2v) is 5.94. The minimum absolute atomic E-state index is 0.262. The SMILES string of the molecule is O=C(O)[C@H]1CCC[C@H]1C(=O)Nc1cc(Cl)c(Cl)cc1Cl. The second-order valence-electron chi connectivity index (χ2n) is 4.72. The van der Waals surface area contributed by atoms with Crippen molar-refractivity contribution < 1.29 is 14.7 Å². The Morgan fingerprint density at radius 2 is 1.65 bits per heavy atom. The van der Waals surface area contributed by atoms with E-state index in [4.69, 9.17) is 39.9 Å². The molecule has 1 aromatic rings. The summed E-state index contributed by atoms with van der Waals surface area (Å²) in [6.07, 6.45) is 1.80. The highest BCUT2D eigenvalue weighted by Gasteiger charge is 2.37. The maximum Gasteiger partial charge on any atom is 0.307 e. The number of carboxylic acid groups (broad SMARTS) is 1. The number of aliphatic carboxylic acids is 1. The molecule has 0 aromatic heterocycles. The molecule has 0 bridgehead atoms. The van der Waals surface area contributed by atoms with Gasteiger partial charge in [-0.2, -0.15) is 0 Å². The first-order valence-corrected chi connectivity index (χ1v) is 7.21. The van der Waals surface area contributed by atoms with Gasteiger partial charge in [-0.3, -0.25) is 9.59 Å². The highest BCUT2D eigenvalue weighted by atomic mass is 35.5.